The van der Waals surface area contributed by atoms with Crippen molar-refractivity contribution in [1.29, 1.82) is 0 Å². The summed E-state index contributed by atoms with van der Waals surface area (Å²) in [5.74, 6) is 0. The van der Waals surface area contributed by atoms with E-state index in [9.17, 15) is 13.6 Å². The Hall–Kier alpha value is -2.06. The van der Waals surface area contributed by atoms with Crippen molar-refractivity contribution < 1.29 is 8.76 Å². The number of nitrogens with zero attached hydrogens (tertiary/aromatic N) is 2. The molecule has 3 aromatic rings. The number of nitrogens with one attached hydrogen (secondary N) is 1. The van der Waals surface area contributed by atoms with Crippen molar-refractivity contribution in [3.8, 4) is 11.1 Å². The number of fused-ring (bicyclic) bond motifs is 1. The number of hydrogen-bond donors (Lipinski definition) is 1. The van der Waals surface area contributed by atoms with Crippen molar-refractivity contribution in [1.82, 2.24) is 14.3 Å². The van der Waals surface area contributed by atoms with Crippen LogP contribution in [0.4, 0.5) is 0 Å². The SMILES string of the molecule is CC(c1ccc(-c2ccnc3[nH]c(=O)ccc23)cc1)N(C1CC1)S(=O)[O-].Cl. The minimum Gasteiger partial charge on any atom is -0.760 e. The van der Waals surface area contributed by atoms with E-state index >= 15 is 0 Å². The zero-order chi connectivity index (χ0) is 18.3. The lowest BCUT2D eigenvalue weighted by Gasteiger charge is -2.30. The van der Waals surface area contributed by atoms with Crippen LogP contribution in [0.15, 0.2) is 53.5 Å². The molecule has 2 aromatic heterocycles. The molecule has 2 heterocycles. The van der Waals surface area contributed by atoms with Crippen LogP contribution in [0.25, 0.3) is 22.2 Å². The molecule has 27 heavy (non-hydrogen) atoms. The van der Waals surface area contributed by atoms with Crippen LogP contribution in [-0.4, -0.2) is 29.1 Å². The van der Waals surface area contributed by atoms with Gasteiger partial charge in [0.2, 0.25) is 5.56 Å². The Bertz CT molecular complexity index is 1030. The number of pyridine rings is 2. The first-order valence-corrected chi connectivity index (χ1v) is 9.54. The molecule has 1 aromatic carbocycles. The average molecular weight is 405 g/mol. The normalized spacial score (nSPS) is 16.1. The summed E-state index contributed by atoms with van der Waals surface area (Å²) in [5, 5.41) is 0.869. The van der Waals surface area contributed by atoms with Gasteiger partial charge in [0.15, 0.2) is 0 Å². The summed E-state index contributed by atoms with van der Waals surface area (Å²) >= 11 is -2.22. The lowest BCUT2D eigenvalue weighted by atomic mass is 9.99. The molecule has 4 rings (SSSR count). The smallest absolute Gasteiger partial charge is 0.249 e. The van der Waals surface area contributed by atoms with E-state index in [0.29, 0.717) is 5.65 Å². The van der Waals surface area contributed by atoms with Crippen molar-refractivity contribution in [3.05, 3.63) is 64.6 Å². The predicted molar refractivity (Wildman–Crippen MR) is 107 cm³/mol. The first-order chi connectivity index (χ1) is 12.5. The predicted octanol–water partition coefficient (Wildman–Crippen LogP) is 3.33. The van der Waals surface area contributed by atoms with E-state index in [1.807, 2.05) is 37.3 Å². The van der Waals surface area contributed by atoms with E-state index < -0.39 is 11.3 Å². The highest BCUT2D eigenvalue weighted by Gasteiger charge is 2.33. The van der Waals surface area contributed by atoms with E-state index in [0.717, 1.165) is 34.9 Å². The van der Waals surface area contributed by atoms with E-state index in [4.69, 9.17) is 0 Å². The number of hydrogen-bond acceptors (Lipinski definition) is 4. The molecule has 142 valence electrons. The highest BCUT2D eigenvalue weighted by Crippen LogP contribution is 2.36. The molecule has 2 atom stereocenters. The van der Waals surface area contributed by atoms with Crippen LogP contribution < -0.4 is 5.56 Å². The molecule has 0 spiro atoms. The zero-order valence-corrected chi connectivity index (χ0v) is 16.3. The monoisotopic (exact) mass is 404 g/mol. The topological polar surface area (TPSA) is 89.1 Å². The number of H-pyrrole nitrogens is 1. The summed E-state index contributed by atoms with van der Waals surface area (Å²) in [7, 11) is 0. The maximum Gasteiger partial charge on any atom is 0.249 e. The fourth-order valence-corrected chi connectivity index (χ4v) is 4.13. The van der Waals surface area contributed by atoms with E-state index in [2.05, 4.69) is 9.97 Å². The molecule has 1 saturated carbocycles. The molecule has 1 aliphatic carbocycles. The molecular formula is C19H19ClN3O3S-. The summed E-state index contributed by atoms with van der Waals surface area (Å²) in [4.78, 5) is 18.4. The molecule has 0 aliphatic heterocycles. The van der Waals surface area contributed by atoms with Gasteiger partial charge in [-0.3, -0.25) is 9.00 Å². The van der Waals surface area contributed by atoms with Gasteiger partial charge >= 0.3 is 0 Å². The third-order valence-corrected chi connectivity index (χ3v) is 5.76. The van der Waals surface area contributed by atoms with Gasteiger partial charge < -0.3 is 9.54 Å². The first kappa shape index (κ1) is 19.7. The van der Waals surface area contributed by atoms with Crippen LogP contribution >= 0.6 is 12.4 Å². The van der Waals surface area contributed by atoms with Gasteiger partial charge in [0.05, 0.1) is 0 Å². The van der Waals surface area contributed by atoms with Crippen LogP contribution in [0.1, 0.15) is 31.4 Å². The van der Waals surface area contributed by atoms with Crippen molar-refractivity contribution >= 4 is 34.7 Å². The van der Waals surface area contributed by atoms with Gasteiger partial charge in [0.25, 0.3) is 0 Å². The van der Waals surface area contributed by atoms with Crippen molar-refractivity contribution in [2.24, 2.45) is 0 Å². The van der Waals surface area contributed by atoms with Gasteiger partial charge in [-0.15, -0.1) is 12.4 Å². The quantitative estimate of drug-likeness (QED) is 0.660. The van der Waals surface area contributed by atoms with Crippen LogP contribution in [-0.2, 0) is 11.3 Å². The van der Waals surface area contributed by atoms with Crippen LogP contribution in [0, 0.1) is 0 Å². The third-order valence-electron chi connectivity index (χ3n) is 4.80. The fourth-order valence-electron chi connectivity index (χ4n) is 3.29. The van der Waals surface area contributed by atoms with Crippen LogP contribution in [0.2, 0.25) is 0 Å². The van der Waals surface area contributed by atoms with E-state index in [1.165, 1.54) is 6.07 Å². The molecule has 0 amide bonds. The Labute approximate surface area is 165 Å². The highest BCUT2D eigenvalue weighted by atomic mass is 35.5. The highest BCUT2D eigenvalue weighted by molar-refractivity contribution is 7.76. The standard InChI is InChI=1S/C19H19N3O3S.ClH/c1-12(22(26(24)25)15-6-7-15)13-2-4-14(5-3-13)16-10-11-20-19-17(16)8-9-18(23)21-19;/h2-5,8-12,15H,6-7H2,1H3,(H,24,25)(H,20,21,23);1H/p-1. The molecule has 8 heteroatoms. The molecule has 0 radical (unpaired) electrons. The molecule has 6 nitrogen and oxygen atoms in total. The second kappa shape index (κ2) is 7.90. The van der Waals surface area contributed by atoms with E-state index in [1.54, 1.807) is 16.6 Å². The van der Waals surface area contributed by atoms with Gasteiger partial charge in [-0.25, -0.2) is 9.29 Å². The zero-order valence-electron chi connectivity index (χ0n) is 14.6. The lowest BCUT2D eigenvalue weighted by molar-refractivity contribution is 0.320. The van der Waals surface area contributed by atoms with Gasteiger partial charge in [-0.05, 0) is 48.6 Å². The van der Waals surface area contributed by atoms with Crippen molar-refractivity contribution in [2.45, 2.75) is 31.8 Å². The molecular weight excluding hydrogens is 386 g/mol. The summed E-state index contributed by atoms with van der Waals surface area (Å²) in [6.45, 7) is 1.91. The molecule has 1 N–H and O–H groups in total. The summed E-state index contributed by atoms with van der Waals surface area (Å²) in [6, 6.07) is 13.0. The number of halogens is 1. The number of aromatic nitrogens is 2. The second-order valence-electron chi connectivity index (χ2n) is 6.55. The van der Waals surface area contributed by atoms with Gasteiger partial charge in [-0.2, -0.15) is 0 Å². The minimum atomic E-state index is -2.22. The third kappa shape index (κ3) is 3.96. The van der Waals surface area contributed by atoms with Crippen LogP contribution in [0.5, 0.6) is 0 Å². The van der Waals surface area contributed by atoms with Gasteiger partial charge in [-0.1, -0.05) is 24.3 Å². The molecule has 1 fully saturated rings. The average Bonchev–Trinajstić information content (AvgIpc) is 3.45. The molecule has 2 unspecified atom stereocenters. The minimum absolute atomic E-state index is 0. The Morgan fingerprint density at radius 2 is 1.89 bits per heavy atom. The molecule has 1 aliphatic rings. The largest absolute Gasteiger partial charge is 0.760 e. The Morgan fingerprint density at radius 1 is 1.19 bits per heavy atom. The summed E-state index contributed by atoms with van der Waals surface area (Å²) in [5.41, 5.74) is 3.28. The van der Waals surface area contributed by atoms with Gasteiger partial charge in [0, 0.05) is 41.0 Å². The van der Waals surface area contributed by atoms with Gasteiger partial charge in [0.1, 0.15) is 5.65 Å². The number of benzene rings is 1. The Morgan fingerprint density at radius 3 is 2.52 bits per heavy atom. The second-order valence-corrected chi connectivity index (χ2v) is 7.41. The molecule has 0 saturated heterocycles. The maximum atomic E-state index is 11.5. The Kier molecular flexibility index (Phi) is 5.76. The maximum absolute atomic E-state index is 11.5. The molecule has 0 bridgehead atoms. The first-order valence-electron chi connectivity index (χ1n) is 8.50. The summed E-state index contributed by atoms with van der Waals surface area (Å²) in [6.07, 6.45) is 3.52. The Balaban J connectivity index is 0.00000210. The van der Waals surface area contributed by atoms with Crippen molar-refractivity contribution in [2.75, 3.05) is 0 Å². The van der Waals surface area contributed by atoms with Crippen LogP contribution in [0.3, 0.4) is 0 Å². The van der Waals surface area contributed by atoms with E-state index in [-0.39, 0.29) is 30.0 Å². The number of rotatable bonds is 5. The lowest BCUT2D eigenvalue weighted by Crippen LogP contribution is -2.31. The number of aromatic amines is 1. The summed E-state index contributed by atoms with van der Waals surface area (Å²) < 4.78 is 24.6. The fraction of sp³-hybridized carbons (Fsp3) is 0.263. The van der Waals surface area contributed by atoms with Crippen molar-refractivity contribution in [3.63, 3.8) is 0 Å².